The molecular formula is C13H20N2OS. The highest BCUT2D eigenvalue weighted by Gasteiger charge is 2.18. The number of nitrogens with zero attached hydrogens (tertiary/aromatic N) is 2. The first-order valence-electron chi connectivity index (χ1n) is 6.24. The molecule has 0 N–H and O–H groups in total. The van der Waals surface area contributed by atoms with Gasteiger partial charge in [-0.05, 0) is 45.8 Å². The Labute approximate surface area is 107 Å². The molecule has 0 amide bonds. The molecule has 0 aromatic carbocycles. The van der Waals surface area contributed by atoms with E-state index >= 15 is 0 Å². The van der Waals surface area contributed by atoms with Crippen LogP contribution in [0.5, 0.6) is 0 Å². The lowest BCUT2D eigenvalue weighted by Crippen LogP contribution is -2.30. The molecule has 1 aromatic heterocycles. The molecule has 17 heavy (non-hydrogen) atoms. The van der Waals surface area contributed by atoms with Crippen LogP contribution in [0.15, 0.2) is 5.38 Å². The molecule has 3 nitrogen and oxygen atoms in total. The monoisotopic (exact) mass is 252 g/mol. The molecule has 0 unspecified atom stereocenters. The summed E-state index contributed by atoms with van der Waals surface area (Å²) in [6.45, 7) is 4.03. The first kappa shape index (κ1) is 12.7. The van der Waals surface area contributed by atoms with Crippen molar-refractivity contribution in [2.24, 2.45) is 5.92 Å². The van der Waals surface area contributed by atoms with Crippen molar-refractivity contribution in [3.63, 3.8) is 0 Å². The maximum Gasteiger partial charge on any atom is 0.135 e. The Bertz CT molecular complexity index is 381. The third-order valence-electron chi connectivity index (χ3n) is 3.33. The number of ketones is 1. The minimum Gasteiger partial charge on any atom is -0.306 e. The van der Waals surface area contributed by atoms with Crippen LogP contribution in [0, 0.1) is 5.92 Å². The molecule has 0 radical (unpaired) electrons. The molecule has 4 heteroatoms. The number of Topliss-reactive ketones (excluding diaryl/α,β-unsaturated/α-hetero) is 1. The standard InChI is InChI=1S/C13H20N2OS/c1-10(16)7-12-9-17-13(14-12)8-11-3-5-15(2)6-4-11/h9,11H,3-8H2,1-2H3. The molecule has 0 spiro atoms. The molecule has 0 bridgehead atoms. The van der Waals surface area contributed by atoms with Crippen LogP contribution >= 0.6 is 11.3 Å². The highest BCUT2D eigenvalue weighted by molar-refractivity contribution is 7.09. The van der Waals surface area contributed by atoms with Gasteiger partial charge in [-0.3, -0.25) is 4.79 Å². The van der Waals surface area contributed by atoms with Crippen molar-refractivity contribution in [2.45, 2.75) is 32.6 Å². The first-order valence-corrected chi connectivity index (χ1v) is 7.12. The summed E-state index contributed by atoms with van der Waals surface area (Å²) in [4.78, 5) is 17.9. The molecule has 1 fully saturated rings. The third kappa shape index (κ3) is 3.89. The van der Waals surface area contributed by atoms with Gasteiger partial charge < -0.3 is 4.90 Å². The second-order valence-electron chi connectivity index (χ2n) is 5.06. The molecule has 0 aliphatic carbocycles. The third-order valence-corrected chi connectivity index (χ3v) is 4.25. The van der Waals surface area contributed by atoms with Crippen LogP contribution in [0.3, 0.4) is 0 Å². The zero-order valence-electron chi connectivity index (χ0n) is 10.6. The van der Waals surface area contributed by atoms with Crippen molar-refractivity contribution >= 4 is 17.1 Å². The number of hydrogen-bond donors (Lipinski definition) is 0. The summed E-state index contributed by atoms with van der Waals surface area (Å²) in [7, 11) is 2.19. The maximum absolute atomic E-state index is 11.0. The van der Waals surface area contributed by atoms with Gasteiger partial charge in [0.15, 0.2) is 0 Å². The summed E-state index contributed by atoms with van der Waals surface area (Å²) in [6.07, 6.45) is 4.14. The average molecular weight is 252 g/mol. The Balaban J connectivity index is 1.86. The number of likely N-dealkylation sites (tertiary alicyclic amines) is 1. The van der Waals surface area contributed by atoms with Crippen LogP contribution in [0.2, 0.25) is 0 Å². The number of carbonyl (C=O) groups is 1. The van der Waals surface area contributed by atoms with E-state index in [1.807, 2.05) is 5.38 Å². The minimum atomic E-state index is 0.196. The van der Waals surface area contributed by atoms with Gasteiger partial charge in [-0.15, -0.1) is 11.3 Å². The Morgan fingerprint density at radius 3 is 2.88 bits per heavy atom. The topological polar surface area (TPSA) is 33.2 Å². The Kier molecular flexibility index (Phi) is 4.29. The lowest BCUT2D eigenvalue weighted by atomic mass is 9.94. The van der Waals surface area contributed by atoms with Crippen molar-refractivity contribution in [1.82, 2.24) is 9.88 Å². The van der Waals surface area contributed by atoms with E-state index in [4.69, 9.17) is 0 Å². The van der Waals surface area contributed by atoms with E-state index in [2.05, 4.69) is 16.9 Å². The van der Waals surface area contributed by atoms with E-state index in [0.717, 1.165) is 18.0 Å². The van der Waals surface area contributed by atoms with Crippen LogP contribution < -0.4 is 0 Å². The highest BCUT2D eigenvalue weighted by atomic mass is 32.1. The van der Waals surface area contributed by atoms with Gasteiger partial charge in [-0.2, -0.15) is 0 Å². The summed E-state index contributed by atoms with van der Waals surface area (Å²) in [5.74, 6) is 0.976. The largest absolute Gasteiger partial charge is 0.306 e. The first-order chi connectivity index (χ1) is 8.13. The molecule has 0 atom stereocenters. The molecule has 1 aromatic rings. The summed E-state index contributed by atoms with van der Waals surface area (Å²) < 4.78 is 0. The van der Waals surface area contributed by atoms with Crippen molar-refractivity contribution < 1.29 is 4.79 Å². The normalized spacial score (nSPS) is 18.5. The zero-order valence-corrected chi connectivity index (χ0v) is 11.4. The smallest absolute Gasteiger partial charge is 0.135 e. The fraction of sp³-hybridized carbons (Fsp3) is 0.692. The summed E-state index contributed by atoms with van der Waals surface area (Å²) >= 11 is 1.71. The van der Waals surface area contributed by atoms with Crippen LogP contribution in [0.25, 0.3) is 0 Å². The molecule has 2 heterocycles. The number of rotatable bonds is 4. The van der Waals surface area contributed by atoms with Crippen LogP contribution in [0.1, 0.15) is 30.5 Å². The lowest BCUT2D eigenvalue weighted by molar-refractivity contribution is -0.116. The van der Waals surface area contributed by atoms with Crippen molar-refractivity contribution in [2.75, 3.05) is 20.1 Å². The second kappa shape index (κ2) is 5.74. The second-order valence-corrected chi connectivity index (χ2v) is 6.00. The van der Waals surface area contributed by atoms with Gasteiger partial charge in [0.2, 0.25) is 0 Å². The number of carbonyl (C=O) groups excluding carboxylic acids is 1. The maximum atomic E-state index is 11.0. The van der Waals surface area contributed by atoms with Gasteiger partial charge >= 0.3 is 0 Å². The Morgan fingerprint density at radius 2 is 2.24 bits per heavy atom. The summed E-state index contributed by atoms with van der Waals surface area (Å²) in [5, 5.41) is 3.24. The van der Waals surface area contributed by atoms with Gasteiger partial charge in [0.25, 0.3) is 0 Å². The zero-order chi connectivity index (χ0) is 12.3. The summed E-state index contributed by atoms with van der Waals surface area (Å²) in [6, 6.07) is 0. The predicted octanol–water partition coefficient (Wildman–Crippen LogP) is 2.16. The lowest BCUT2D eigenvalue weighted by Gasteiger charge is -2.28. The van der Waals surface area contributed by atoms with Crippen molar-refractivity contribution in [3.8, 4) is 0 Å². The number of piperidine rings is 1. The predicted molar refractivity (Wildman–Crippen MR) is 70.4 cm³/mol. The molecule has 0 saturated carbocycles. The molecule has 1 aliphatic heterocycles. The summed E-state index contributed by atoms with van der Waals surface area (Å²) in [5.41, 5.74) is 0.949. The van der Waals surface area contributed by atoms with E-state index in [1.165, 1.54) is 30.9 Å². The Morgan fingerprint density at radius 1 is 1.53 bits per heavy atom. The van der Waals surface area contributed by atoms with Crippen molar-refractivity contribution in [1.29, 1.82) is 0 Å². The molecule has 1 saturated heterocycles. The minimum absolute atomic E-state index is 0.196. The average Bonchev–Trinajstić information content (AvgIpc) is 2.68. The number of thiazole rings is 1. The van der Waals surface area contributed by atoms with Crippen LogP contribution in [-0.2, 0) is 17.6 Å². The van der Waals surface area contributed by atoms with Crippen molar-refractivity contribution in [3.05, 3.63) is 16.1 Å². The number of aromatic nitrogens is 1. The van der Waals surface area contributed by atoms with Gasteiger partial charge in [0.05, 0.1) is 10.7 Å². The van der Waals surface area contributed by atoms with Gasteiger partial charge in [-0.1, -0.05) is 0 Å². The van der Waals surface area contributed by atoms with E-state index < -0.39 is 0 Å². The van der Waals surface area contributed by atoms with Gasteiger partial charge in [-0.25, -0.2) is 4.98 Å². The van der Waals surface area contributed by atoms with E-state index in [9.17, 15) is 4.79 Å². The Hall–Kier alpha value is -0.740. The molecule has 1 aliphatic rings. The molecule has 94 valence electrons. The molecule has 2 rings (SSSR count). The van der Waals surface area contributed by atoms with Crippen LogP contribution in [-0.4, -0.2) is 35.8 Å². The van der Waals surface area contributed by atoms with E-state index in [-0.39, 0.29) is 5.78 Å². The van der Waals surface area contributed by atoms with Gasteiger partial charge in [0.1, 0.15) is 5.78 Å². The fourth-order valence-electron chi connectivity index (χ4n) is 2.29. The van der Waals surface area contributed by atoms with Gasteiger partial charge in [0, 0.05) is 18.2 Å². The quantitative estimate of drug-likeness (QED) is 0.823. The number of hydrogen-bond acceptors (Lipinski definition) is 4. The van der Waals surface area contributed by atoms with E-state index in [0.29, 0.717) is 6.42 Å². The molecular weight excluding hydrogens is 232 g/mol. The fourth-order valence-corrected chi connectivity index (χ4v) is 3.20. The highest BCUT2D eigenvalue weighted by Crippen LogP contribution is 2.22. The van der Waals surface area contributed by atoms with E-state index in [1.54, 1.807) is 18.3 Å². The van der Waals surface area contributed by atoms with Crippen LogP contribution in [0.4, 0.5) is 0 Å². The SMILES string of the molecule is CC(=O)Cc1csc(CC2CCN(C)CC2)n1.